The van der Waals surface area contributed by atoms with E-state index in [1.807, 2.05) is 51.4 Å². The highest BCUT2D eigenvalue weighted by atomic mass is 16.5. The Morgan fingerprint density at radius 2 is 1.91 bits per heavy atom. The number of hydrogen-bond acceptors (Lipinski definition) is 3. The molecule has 1 unspecified atom stereocenters. The number of carbonyl (C=O) groups is 1. The average Bonchev–Trinajstić information content (AvgIpc) is 3.18. The van der Waals surface area contributed by atoms with Gasteiger partial charge >= 0.3 is 0 Å². The first kappa shape index (κ1) is 24.3. The van der Waals surface area contributed by atoms with Crippen LogP contribution in [0.4, 0.5) is 0 Å². The minimum Gasteiger partial charge on any atom is -0.372 e. The Labute approximate surface area is 198 Å². The summed E-state index contributed by atoms with van der Waals surface area (Å²) in [6.45, 7) is 10.5. The molecule has 2 aliphatic rings. The summed E-state index contributed by atoms with van der Waals surface area (Å²) in [6.07, 6.45) is 13.9. The zero-order valence-corrected chi connectivity index (χ0v) is 19.9. The van der Waals surface area contributed by atoms with Gasteiger partial charge in [0.2, 0.25) is 0 Å². The van der Waals surface area contributed by atoms with E-state index in [2.05, 4.69) is 54.1 Å². The van der Waals surface area contributed by atoms with Gasteiger partial charge in [0.1, 0.15) is 0 Å². The minimum absolute atomic E-state index is 0. The molecule has 1 atom stereocenters. The van der Waals surface area contributed by atoms with E-state index in [1.165, 1.54) is 27.7 Å². The zero-order valence-electron chi connectivity index (χ0n) is 19.9. The summed E-state index contributed by atoms with van der Waals surface area (Å²) in [5.41, 5.74) is 5.10. The lowest BCUT2D eigenvalue weighted by atomic mass is 9.93. The highest BCUT2D eigenvalue weighted by Crippen LogP contribution is 2.26. The van der Waals surface area contributed by atoms with Crippen molar-refractivity contribution in [3.8, 4) is 0 Å². The highest BCUT2D eigenvalue weighted by molar-refractivity contribution is 6.06. The first-order valence-corrected chi connectivity index (χ1v) is 11.7. The highest BCUT2D eigenvalue weighted by Gasteiger charge is 2.19. The number of ether oxygens (including phenoxy) is 1. The monoisotopic (exact) mass is 441 g/mol. The van der Waals surface area contributed by atoms with Crippen LogP contribution in [-0.4, -0.2) is 18.6 Å². The third-order valence-corrected chi connectivity index (χ3v) is 5.86. The fraction of sp³-hybridized carbons (Fsp3) is 0.267. The molecule has 0 aromatic heterocycles. The number of rotatable bonds is 8. The van der Waals surface area contributed by atoms with Gasteiger partial charge in [-0.25, -0.2) is 0 Å². The summed E-state index contributed by atoms with van der Waals surface area (Å²) in [4.78, 5) is 16.6. The van der Waals surface area contributed by atoms with Crippen LogP contribution in [0.2, 0.25) is 0 Å². The number of hydrogen-bond donors (Lipinski definition) is 0. The Morgan fingerprint density at radius 1 is 1.12 bits per heavy atom. The molecule has 0 saturated carbocycles. The Balaban J connectivity index is 0.00000133. The topological polar surface area (TPSA) is 38.7 Å². The fourth-order valence-corrected chi connectivity index (χ4v) is 4.14. The van der Waals surface area contributed by atoms with Gasteiger partial charge in [-0.15, -0.1) is 0 Å². The van der Waals surface area contributed by atoms with Gasteiger partial charge in [0.25, 0.3) is 0 Å². The molecule has 0 N–H and O–H groups in total. The van der Waals surface area contributed by atoms with Crippen LogP contribution in [0.1, 0.15) is 49.6 Å². The van der Waals surface area contributed by atoms with E-state index in [9.17, 15) is 4.79 Å². The molecular weight excluding hydrogens is 406 g/mol. The third-order valence-electron chi connectivity index (χ3n) is 5.86. The van der Waals surface area contributed by atoms with E-state index in [4.69, 9.17) is 4.74 Å². The van der Waals surface area contributed by atoms with E-state index >= 15 is 0 Å². The van der Waals surface area contributed by atoms with Crippen molar-refractivity contribution in [2.45, 2.75) is 40.2 Å². The maximum absolute atomic E-state index is 12.2. The van der Waals surface area contributed by atoms with Crippen LogP contribution in [0.3, 0.4) is 0 Å². The molecule has 0 amide bonds. The number of allylic oxidation sites excluding steroid dienone is 3. The SMILES string of the molecule is C=CC(=O)c1c(C)cccc1COCC1=CN=CC1CC1=CC=c2ccccc2=CC1.CC.[HH]. The van der Waals surface area contributed by atoms with Gasteiger partial charge in [0.15, 0.2) is 5.78 Å². The Morgan fingerprint density at radius 3 is 2.70 bits per heavy atom. The molecule has 0 radical (unpaired) electrons. The molecule has 0 bridgehead atoms. The molecule has 2 aromatic carbocycles. The van der Waals surface area contributed by atoms with E-state index in [-0.39, 0.29) is 13.1 Å². The lowest BCUT2D eigenvalue weighted by Crippen LogP contribution is -2.22. The molecular formula is C30H35NO2. The number of nitrogens with zero attached hydrogens (tertiary/aromatic N) is 1. The molecule has 1 heterocycles. The van der Waals surface area contributed by atoms with Crippen molar-refractivity contribution in [1.29, 1.82) is 0 Å². The van der Waals surface area contributed by atoms with Crippen LogP contribution in [-0.2, 0) is 11.3 Å². The Bertz CT molecular complexity index is 1220. The van der Waals surface area contributed by atoms with Crippen LogP contribution in [0.5, 0.6) is 0 Å². The average molecular weight is 442 g/mol. The van der Waals surface area contributed by atoms with E-state index < -0.39 is 0 Å². The number of ketones is 1. The van der Waals surface area contributed by atoms with Gasteiger partial charge in [-0.05, 0) is 53.0 Å². The number of carbonyl (C=O) groups excluding carboxylic acids is 1. The molecule has 33 heavy (non-hydrogen) atoms. The summed E-state index contributed by atoms with van der Waals surface area (Å²) in [5, 5.41) is 2.55. The fourth-order valence-electron chi connectivity index (χ4n) is 4.14. The van der Waals surface area contributed by atoms with Crippen LogP contribution < -0.4 is 10.4 Å². The van der Waals surface area contributed by atoms with Crippen LogP contribution in [0.25, 0.3) is 12.2 Å². The van der Waals surface area contributed by atoms with Gasteiger partial charge in [0, 0.05) is 25.3 Å². The zero-order chi connectivity index (χ0) is 23.6. The molecule has 3 heteroatoms. The molecule has 172 valence electrons. The number of benzene rings is 2. The molecule has 3 nitrogen and oxygen atoms in total. The summed E-state index contributed by atoms with van der Waals surface area (Å²) in [7, 11) is 0. The lowest BCUT2D eigenvalue weighted by Gasteiger charge is -2.15. The third kappa shape index (κ3) is 6.15. The Hall–Kier alpha value is -3.30. The standard InChI is InChI=1S/C28H27NO2.C2H6.H2/c1-3-27(30)28-20(2)7-6-10-24(28)18-31-19-26-17-29-16-25(26)15-21-11-13-22-8-4-5-9-23(22)14-12-21;1-2;/h3-11,13-14,16-17,25H,1,12,15,18-19H2,2H3;1-2H3;1H. The van der Waals surface area contributed by atoms with Crippen molar-refractivity contribution in [3.63, 3.8) is 0 Å². The van der Waals surface area contributed by atoms with Gasteiger partial charge in [-0.2, -0.15) is 0 Å². The molecule has 1 aliphatic carbocycles. The van der Waals surface area contributed by atoms with Crippen LogP contribution in [0, 0.1) is 12.8 Å². The summed E-state index contributed by atoms with van der Waals surface area (Å²) < 4.78 is 6.02. The smallest absolute Gasteiger partial charge is 0.185 e. The molecule has 1 aliphatic heterocycles. The van der Waals surface area contributed by atoms with Crippen LogP contribution in [0.15, 0.2) is 83.5 Å². The van der Waals surface area contributed by atoms with Gasteiger partial charge in [0.05, 0.1) is 13.2 Å². The second kappa shape index (κ2) is 12.1. The van der Waals surface area contributed by atoms with E-state index in [0.717, 1.165) is 24.0 Å². The van der Waals surface area contributed by atoms with Crippen molar-refractivity contribution in [2.24, 2.45) is 10.9 Å². The van der Waals surface area contributed by atoms with E-state index in [0.29, 0.717) is 18.8 Å². The van der Waals surface area contributed by atoms with Crippen molar-refractivity contribution in [2.75, 3.05) is 6.61 Å². The summed E-state index contributed by atoms with van der Waals surface area (Å²) >= 11 is 0. The summed E-state index contributed by atoms with van der Waals surface area (Å²) in [6, 6.07) is 14.3. The first-order valence-electron chi connectivity index (χ1n) is 11.7. The predicted octanol–water partition coefficient (Wildman–Crippen LogP) is 5.72. The molecule has 0 saturated heterocycles. The van der Waals surface area contributed by atoms with Crippen molar-refractivity contribution in [3.05, 3.63) is 106 Å². The molecule has 0 fully saturated rings. The second-order valence-corrected chi connectivity index (χ2v) is 8.01. The van der Waals surface area contributed by atoms with Gasteiger partial charge < -0.3 is 4.74 Å². The van der Waals surface area contributed by atoms with Gasteiger partial charge in [-0.1, -0.05) is 86.7 Å². The molecule has 2 aromatic rings. The normalized spacial score (nSPS) is 16.2. The first-order chi connectivity index (χ1) is 16.2. The van der Waals surface area contributed by atoms with Crippen molar-refractivity contribution < 1.29 is 11.0 Å². The maximum atomic E-state index is 12.2. The number of aliphatic imine (C=N–C) groups is 1. The lowest BCUT2D eigenvalue weighted by molar-refractivity contribution is 0.103. The largest absolute Gasteiger partial charge is 0.372 e. The quantitative estimate of drug-likeness (QED) is 0.388. The molecule has 4 rings (SSSR count). The number of aryl methyl sites for hydroxylation is 1. The minimum atomic E-state index is -0.0632. The molecule has 0 spiro atoms. The predicted molar refractivity (Wildman–Crippen MR) is 141 cm³/mol. The maximum Gasteiger partial charge on any atom is 0.185 e. The number of fused-ring (bicyclic) bond motifs is 1. The summed E-state index contributed by atoms with van der Waals surface area (Å²) in [5.74, 6) is 0.188. The second-order valence-electron chi connectivity index (χ2n) is 8.01. The van der Waals surface area contributed by atoms with Crippen molar-refractivity contribution in [1.82, 2.24) is 0 Å². The van der Waals surface area contributed by atoms with E-state index in [1.54, 1.807) is 0 Å². The Kier molecular flexibility index (Phi) is 8.91. The van der Waals surface area contributed by atoms with Crippen LogP contribution >= 0.6 is 0 Å². The van der Waals surface area contributed by atoms with Crippen molar-refractivity contribution >= 4 is 24.1 Å². The van der Waals surface area contributed by atoms with Gasteiger partial charge in [-0.3, -0.25) is 9.79 Å².